The summed E-state index contributed by atoms with van der Waals surface area (Å²) in [5.74, 6) is -1.97. The molecule has 0 atom stereocenters. The lowest BCUT2D eigenvalue weighted by Gasteiger charge is -2.10. The Hall–Kier alpha value is -3.27. The van der Waals surface area contributed by atoms with E-state index in [0.29, 0.717) is 6.54 Å². The van der Waals surface area contributed by atoms with Crippen molar-refractivity contribution >= 4 is 27.8 Å². The van der Waals surface area contributed by atoms with Crippen molar-refractivity contribution in [1.82, 2.24) is 15.0 Å². The molecule has 31 heavy (non-hydrogen) atoms. The minimum atomic E-state index is -4.23. The second-order valence-electron chi connectivity index (χ2n) is 6.96. The minimum absolute atomic E-state index is 0.00473. The fraction of sp³-hybridized carbons (Fsp3) is 0.333. The lowest BCUT2D eigenvalue weighted by molar-refractivity contribution is 0.0370. The van der Waals surface area contributed by atoms with Crippen LogP contribution in [0.2, 0.25) is 0 Å². The van der Waals surface area contributed by atoms with Crippen LogP contribution in [0.5, 0.6) is 0 Å². The van der Waals surface area contributed by atoms with E-state index in [0.717, 1.165) is 19.0 Å². The van der Waals surface area contributed by atoms with Crippen LogP contribution in [-0.4, -0.2) is 43.8 Å². The Kier molecular flexibility index (Phi) is 8.26. The number of ether oxygens (including phenoxy) is 1. The van der Waals surface area contributed by atoms with Crippen molar-refractivity contribution in [2.75, 3.05) is 6.54 Å². The SMILES string of the molecule is CCCCNC(=O)c1cccc(S(=O)(=O)NC(=O)c2ccc(C(=O)OC(C)C)nc2)c1. The van der Waals surface area contributed by atoms with E-state index in [-0.39, 0.29) is 27.8 Å². The molecule has 0 aliphatic carbocycles. The first-order valence-corrected chi connectivity index (χ1v) is 11.2. The molecule has 2 aromatic rings. The van der Waals surface area contributed by atoms with Gasteiger partial charge in [-0.15, -0.1) is 0 Å². The van der Waals surface area contributed by atoms with Gasteiger partial charge in [-0.1, -0.05) is 19.4 Å². The molecular formula is C21H25N3O6S. The normalized spacial score (nSPS) is 11.1. The number of pyridine rings is 1. The lowest BCUT2D eigenvalue weighted by atomic mass is 10.2. The summed E-state index contributed by atoms with van der Waals surface area (Å²) in [6.45, 7) is 5.85. The molecule has 0 fully saturated rings. The van der Waals surface area contributed by atoms with E-state index in [1.807, 2.05) is 11.6 Å². The lowest BCUT2D eigenvalue weighted by Crippen LogP contribution is -2.31. The molecule has 0 aliphatic rings. The third-order valence-electron chi connectivity index (χ3n) is 4.03. The molecule has 0 saturated heterocycles. The molecule has 1 heterocycles. The van der Waals surface area contributed by atoms with Gasteiger partial charge in [-0.25, -0.2) is 22.9 Å². The number of nitrogens with zero attached hydrogens (tertiary/aromatic N) is 1. The van der Waals surface area contributed by atoms with Crippen molar-refractivity contribution in [2.24, 2.45) is 0 Å². The second-order valence-corrected chi connectivity index (χ2v) is 8.64. The summed E-state index contributed by atoms with van der Waals surface area (Å²) in [5.41, 5.74) is 0.106. The molecule has 10 heteroatoms. The molecule has 166 valence electrons. The van der Waals surface area contributed by atoms with Gasteiger partial charge in [0.1, 0.15) is 5.69 Å². The smallest absolute Gasteiger partial charge is 0.357 e. The number of carbonyl (C=O) groups excluding carboxylic acids is 3. The number of carbonyl (C=O) groups is 3. The highest BCUT2D eigenvalue weighted by Gasteiger charge is 2.21. The average Bonchev–Trinajstić information content (AvgIpc) is 2.73. The molecule has 0 spiro atoms. The zero-order chi connectivity index (χ0) is 23.0. The van der Waals surface area contributed by atoms with E-state index in [4.69, 9.17) is 4.74 Å². The topological polar surface area (TPSA) is 132 Å². The fourth-order valence-electron chi connectivity index (χ4n) is 2.45. The molecule has 2 amide bonds. The van der Waals surface area contributed by atoms with Crippen LogP contribution in [-0.2, 0) is 14.8 Å². The molecule has 2 rings (SSSR count). The van der Waals surface area contributed by atoms with Crippen molar-refractivity contribution in [1.29, 1.82) is 0 Å². The number of aromatic nitrogens is 1. The maximum Gasteiger partial charge on any atom is 0.357 e. The first kappa shape index (κ1) is 24.0. The van der Waals surface area contributed by atoms with Gasteiger partial charge in [0.05, 0.1) is 16.6 Å². The van der Waals surface area contributed by atoms with Gasteiger partial charge in [-0.05, 0) is 50.6 Å². The molecule has 0 saturated carbocycles. The van der Waals surface area contributed by atoms with E-state index < -0.39 is 27.8 Å². The summed E-state index contributed by atoms with van der Waals surface area (Å²) < 4.78 is 32.1. The molecule has 0 bridgehead atoms. The number of unbranched alkanes of at least 4 members (excludes halogenated alkanes) is 1. The maximum absolute atomic E-state index is 12.6. The number of amides is 2. The monoisotopic (exact) mass is 447 g/mol. The summed E-state index contributed by atoms with van der Waals surface area (Å²) in [6.07, 6.45) is 2.48. The quantitative estimate of drug-likeness (QED) is 0.445. The number of nitrogens with one attached hydrogen (secondary N) is 2. The van der Waals surface area contributed by atoms with Crippen LogP contribution in [0.3, 0.4) is 0 Å². The molecule has 0 radical (unpaired) electrons. The third-order valence-corrected chi connectivity index (χ3v) is 5.36. The number of hydrogen-bond donors (Lipinski definition) is 2. The fourth-order valence-corrected chi connectivity index (χ4v) is 3.47. The van der Waals surface area contributed by atoms with Gasteiger partial charge < -0.3 is 10.1 Å². The number of sulfonamides is 1. The van der Waals surface area contributed by atoms with Crippen molar-refractivity contribution in [3.05, 3.63) is 59.4 Å². The maximum atomic E-state index is 12.6. The van der Waals surface area contributed by atoms with Crippen molar-refractivity contribution in [2.45, 2.75) is 44.6 Å². The van der Waals surface area contributed by atoms with Crippen LogP contribution in [0.25, 0.3) is 0 Å². The van der Waals surface area contributed by atoms with E-state index in [2.05, 4.69) is 10.3 Å². The number of esters is 1. The Labute approximate surface area is 181 Å². The Morgan fingerprint density at radius 3 is 2.42 bits per heavy atom. The molecular weight excluding hydrogens is 422 g/mol. The summed E-state index contributed by atoms with van der Waals surface area (Å²) >= 11 is 0. The zero-order valence-electron chi connectivity index (χ0n) is 17.5. The van der Waals surface area contributed by atoms with Crippen LogP contribution >= 0.6 is 0 Å². The van der Waals surface area contributed by atoms with Crippen LogP contribution in [0.4, 0.5) is 0 Å². The molecule has 9 nitrogen and oxygen atoms in total. The zero-order valence-corrected chi connectivity index (χ0v) is 18.4. The molecule has 0 aliphatic heterocycles. The predicted molar refractivity (Wildman–Crippen MR) is 113 cm³/mol. The average molecular weight is 448 g/mol. The van der Waals surface area contributed by atoms with Crippen LogP contribution in [0.1, 0.15) is 64.8 Å². The minimum Gasteiger partial charge on any atom is -0.458 e. The van der Waals surface area contributed by atoms with Crippen LogP contribution in [0, 0.1) is 0 Å². The Bertz CT molecular complexity index is 1050. The summed E-state index contributed by atoms with van der Waals surface area (Å²) in [5, 5.41) is 2.70. The van der Waals surface area contributed by atoms with Gasteiger partial charge in [-0.2, -0.15) is 0 Å². The van der Waals surface area contributed by atoms with E-state index in [9.17, 15) is 22.8 Å². The number of benzene rings is 1. The van der Waals surface area contributed by atoms with E-state index in [1.54, 1.807) is 13.8 Å². The van der Waals surface area contributed by atoms with Crippen molar-refractivity contribution in [3.8, 4) is 0 Å². The summed E-state index contributed by atoms with van der Waals surface area (Å²) in [4.78, 5) is 39.9. The van der Waals surface area contributed by atoms with Gasteiger partial charge in [0.25, 0.3) is 21.8 Å². The first-order chi connectivity index (χ1) is 14.6. The van der Waals surface area contributed by atoms with Gasteiger partial charge in [0, 0.05) is 18.3 Å². The molecule has 1 aromatic carbocycles. The third kappa shape index (κ3) is 6.88. The summed E-state index contributed by atoms with van der Waals surface area (Å²) in [6, 6.07) is 7.92. The highest BCUT2D eigenvalue weighted by atomic mass is 32.2. The van der Waals surface area contributed by atoms with Gasteiger partial charge in [0.2, 0.25) is 0 Å². The van der Waals surface area contributed by atoms with Crippen molar-refractivity contribution < 1.29 is 27.5 Å². The van der Waals surface area contributed by atoms with E-state index >= 15 is 0 Å². The van der Waals surface area contributed by atoms with Crippen molar-refractivity contribution in [3.63, 3.8) is 0 Å². The number of rotatable bonds is 9. The number of hydrogen-bond acceptors (Lipinski definition) is 7. The predicted octanol–water partition coefficient (Wildman–Crippen LogP) is 2.30. The Morgan fingerprint density at radius 1 is 1.06 bits per heavy atom. The Balaban J connectivity index is 2.11. The highest BCUT2D eigenvalue weighted by Crippen LogP contribution is 2.13. The largest absolute Gasteiger partial charge is 0.458 e. The van der Waals surface area contributed by atoms with Gasteiger partial charge >= 0.3 is 5.97 Å². The van der Waals surface area contributed by atoms with Crippen LogP contribution < -0.4 is 10.0 Å². The van der Waals surface area contributed by atoms with E-state index in [1.165, 1.54) is 36.4 Å². The molecule has 2 N–H and O–H groups in total. The first-order valence-electron chi connectivity index (χ1n) is 9.76. The Morgan fingerprint density at radius 2 is 1.81 bits per heavy atom. The van der Waals surface area contributed by atoms with Gasteiger partial charge in [0.15, 0.2) is 0 Å². The molecule has 1 aromatic heterocycles. The highest BCUT2D eigenvalue weighted by molar-refractivity contribution is 7.90. The standard InChI is InChI=1S/C21H25N3O6S/c1-4-5-11-22-19(25)15-7-6-8-17(12-15)31(28,29)24-20(26)16-9-10-18(23-13-16)21(27)30-14(2)3/h6-10,12-14H,4-5,11H2,1-3H3,(H,22,25)(H,24,26). The summed E-state index contributed by atoms with van der Waals surface area (Å²) in [7, 11) is -4.23. The molecule has 0 unspecified atom stereocenters. The van der Waals surface area contributed by atoms with Crippen LogP contribution in [0.15, 0.2) is 47.5 Å². The second kappa shape index (κ2) is 10.7. The van der Waals surface area contributed by atoms with Gasteiger partial charge in [-0.3, -0.25) is 9.59 Å².